The van der Waals surface area contributed by atoms with Gasteiger partial charge in [-0.3, -0.25) is 0 Å². The number of rotatable bonds is 3. The second-order valence-electron chi connectivity index (χ2n) is 7.74. The number of hydrogen-bond donors (Lipinski definition) is 1. The average molecular weight is 602 g/mol. The predicted octanol–water partition coefficient (Wildman–Crippen LogP) is 5.35. The van der Waals surface area contributed by atoms with Gasteiger partial charge in [-0.1, -0.05) is 12.1 Å². The van der Waals surface area contributed by atoms with E-state index in [2.05, 4.69) is 10.8 Å². The van der Waals surface area contributed by atoms with Gasteiger partial charge in [0.2, 0.25) is 0 Å². The quantitative estimate of drug-likeness (QED) is 0.247. The molecule has 3 atom stereocenters. The first kappa shape index (κ1) is 28.4. The number of hydrogen-bond acceptors (Lipinski definition) is 6. The Bertz CT molecular complexity index is 1190. The van der Waals surface area contributed by atoms with Crippen molar-refractivity contribution in [3.8, 4) is 17.2 Å². The van der Waals surface area contributed by atoms with E-state index in [-0.39, 0.29) is 19.0 Å². The number of halogens is 4. The van der Waals surface area contributed by atoms with Crippen molar-refractivity contribution in [2.45, 2.75) is 18.5 Å². The molecule has 0 aromatic heterocycles. The number of ether oxygens (including phenoxy) is 3. The van der Waals surface area contributed by atoms with Crippen LogP contribution in [0.15, 0.2) is 66.7 Å². The number of benzene rings is 3. The van der Waals surface area contributed by atoms with Crippen LogP contribution in [0.2, 0.25) is 0 Å². The fourth-order valence-corrected chi connectivity index (χ4v) is 3.86. The average Bonchev–Trinajstić information content (AvgIpc) is 2.89. The minimum atomic E-state index is -4.61. The molecule has 1 saturated heterocycles. The normalized spacial score (nSPS) is 19.9. The maximum absolute atomic E-state index is 13.6. The van der Waals surface area contributed by atoms with Crippen LogP contribution in [-0.4, -0.2) is 43.0 Å². The molecule has 37 heavy (non-hydrogen) atoms. The number of nitrogens with zero attached hydrogens (tertiary/aromatic N) is 2. The zero-order valence-electron chi connectivity index (χ0n) is 18.9. The molecule has 12 heteroatoms. The van der Waals surface area contributed by atoms with E-state index in [9.17, 15) is 28.1 Å². The summed E-state index contributed by atoms with van der Waals surface area (Å²) in [6.07, 6.45) is -4.47. The zero-order chi connectivity index (χ0) is 27.0. The molecule has 1 N–H and O–H groups in total. The van der Waals surface area contributed by atoms with Crippen molar-refractivity contribution >= 4 is 17.6 Å². The van der Waals surface area contributed by atoms with Crippen molar-refractivity contribution in [1.82, 2.24) is 0 Å². The molecule has 0 aliphatic carbocycles. The summed E-state index contributed by atoms with van der Waals surface area (Å²) in [7, 11) is 0. The molecule has 195 valence electrons. The fraction of sp³-hybridized carbons (Fsp3) is 0.240. The van der Waals surface area contributed by atoms with Crippen LogP contribution in [0, 0.1) is 17.8 Å². The Balaban J connectivity index is 0.000000247. The molecule has 0 radical (unpaired) electrons. The summed E-state index contributed by atoms with van der Waals surface area (Å²) >= 11 is 0.900. The van der Waals surface area contributed by atoms with E-state index in [1.807, 2.05) is 23.1 Å². The van der Waals surface area contributed by atoms with E-state index in [1.165, 1.54) is 36.4 Å². The molecule has 0 spiro atoms. The topological polar surface area (TPSA) is 90.5 Å². The minimum absolute atomic E-state index is 0.226. The van der Waals surface area contributed by atoms with Gasteiger partial charge in [0.15, 0.2) is 11.5 Å². The third kappa shape index (κ3) is 7.20. The molecule has 3 aromatic rings. The molecule has 1 fully saturated rings. The van der Waals surface area contributed by atoms with E-state index in [0.29, 0.717) is 17.2 Å². The van der Waals surface area contributed by atoms with Gasteiger partial charge >= 0.3 is 28.7 Å². The van der Waals surface area contributed by atoms with Gasteiger partial charge in [0.25, 0.3) is 0 Å². The van der Waals surface area contributed by atoms with Crippen LogP contribution in [-0.2, 0) is 27.1 Å². The van der Waals surface area contributed by atoms with E-state index in [0.717, 1.165) is 30.8 Å². The van der Waals surface area contributed by atoms with Crippen LogP contribution in [0.25, 0.3) is 5.41 Å². The number of alkyl halides is 3. The van der Waals surface area contributed by atoms with Crippen LogP contribution >= 0.6 is 0 Å². The summed E-state index contributed by atoms with van der Waals surface area (Å²) in [6, 6.07) is 18.9. The molecule has 0 bridgehead atoms. The Morgan fingerprint density at radius 3 is 2.41 bits per heavy atom. The van der Waals surface area contributed by atoms with Crippen LogP contribution in [0.4, 0.5) is 28.9 Å². The summed E-state index contributed by atoms with van der Waals surface area (Å²) < 4.78 is 71.3. The predicted molar refractivity (Wildman–Crippen MR) is 121 cm³/mol. The summed E-state index contributed by atoms with van der Waals surface area (Å²) in [6.45, 7) is 0.549. The molecule has 2 aliphatic rings. The van der Waals surface area contributed by atoms with E-state index in [4.69, 9.17) is 13.0 Å². The van der Waals surface area contributed by atoms with E-state index < -0.39 is 30.2 Å². The van der Waals surface area contributed by atoms with Gasteiger partial charge in [-0.25, -0.2) is 10.6 Å². The molecule has 7 nitrogen and oxygen atoms in total. The first-order chi connectivity index (χ1) is 17.8. The van der Waals surface area contributed by atoms with Crippen molar-refractivity contribution in [3.63, 3.8) is 0 Å². The van der Waals surface area contributed by atoms with Crippen LogP contribution in [0.5, 0.6) is 17.2 Å². The first-order valence-corrected chi connectivity index (χ1v) is 11.5. The van der Waals surface area contributed by atoms with Gasteiger partial charge in [-0.2, -0.15) is 18.2 Å². The molecule has 0 amide bonds. The Hall–Kier alpha value is -3.18. The van der Waals surface area contributed by atoms with Gasteiger partial charge < -0.3 is 29.6 Å². The van der Waals surface area contributed by atoms with E-state index in [1.54, 1.807) is 12.1 Å². The first-order valence-electron chi connectivity index (χ1n) is 10.7. The SMILES string of the molecule is FC(F)(F)Oc1cc[c-]cc1.[N-]=CC1COC[C@H](N2c3ccccc3Oc3cc(F)ccc32)[C@H]1O.[O]=[Tc+2]. The van der Waals surface area contributed by atoms with Crippen molar-refractivity contribution in [1.29, 1.82) is 0 Å². The molecular formula is C25H20F4N2O5Tc. The number of aliphatic hydroxyl groups is 1. The zero-order valence-corrected chi connectivity index (χ0v) is 20.8. The summed E-state index contributed by atoms with van der Waals surface area (Å²) in [4.78, 5) is 1.90. The molecule has 3 aromatic carbocycles. The Labute approximate surface area is 220 Å². The van der Waals surface area contributed by atoms with Gasteiger partial charge in [0, 0.05) is 17.7 Å². The number of para-hydroxylation sites is 2. The monoisotopic (exact) mass is 601 g/mol. The van der Waals surface area contributed by atoms with Crippen LogP contribution in [0.1, 0.15) is 0 Å². The standard InChI is InChI=1S/C18H16FN2O3.C7H4F3O.O.Tc/c19-12-5-6-14-17(7-12)24-16-4-2-1-3-13(16)21(14)15-10-23-9-11(8-20)18(15)22;8-7(9,10)11-6-4-2-1-3-5-6;;/h1-8,11,15,18,22H,9-10H2;2-5H;;/q2*-1;;+2/t11?,15-,18-;;;/m0.../s1. The molecule has 2 heterocycles. The van der Waals surface area contributed by atoms with E-state index >= 15 is 0 Å². The van der Waals surface area contributed by atoms with Crippen LogP contribution in [0.3, 0.4) is 0 Å². The fourth-order valence-electron chi connectivity index (χ4n) is 3.86. The van der Waals surface area contributed by atoms with Gasteiger partial charge in [-0.15, -0.1) is 25.3 Å². The number of fused-ring (bicyclic) bond motifs is 2. The second kappa shape index (κ2) is 12.9. The summed E-state index contributed by atoms with van der Waals surface area (Å²) in [5.74, 6) is -0.136. The molecule has 5 rings (SSSR count). The number of aliphatic hydroxyl groups excluding tert-OH is 1. The van der Waals surface area contributed by atoms with Crippen molar-refractivity contribution in [2.24, 2.45) is 5.92 Å². The van der Waals surface area contributed by atoms with Gasteiger partial charge in [0.1, 0.15) is 5.82 Å². The van der Waals surface area contributed by atoms with Crippen LogP contribution < -0.4 is 14.4 Å². The third-order valence-corrected chi connectivity index (χ3v) is 5.40. The molecule has 1 unspecified atom stereocenters. The molecule has 2 aliphatic heterocycles. The van der Waals surface area contributed by atoms with Crippen molar-refractivity contribution in [2.75, 3.05) is 18.1 Å². The summed E-state index contributed by atoms with van der Waals surface area (Å²) in [5.41, 5.74) is 1.42. The summed E-state index contributed by atoms with van der Waals surface area (Å²) in [5, 5.41) is 20.0. The number of anilines is 2. The molecular weight excluding hydrogens is 582 g/mol. The second-order valence-corrected chi connectivity index (χ2v) is 7.74. The van der Waals surface area contributed by atoms with Gasteiger partial charge in [-0.05, 0) is 24.3 Å². The Morgan fingerprint density at radius 1 is 1.05 bits per heavy atom. The Kier molecular flexibility index (Phi) is 9.87. The molecule has 0 saturated carbocycles. The van der Waals surface area contributed by atoms with Crippen molar-refractivity contribution in [3.05, 3.63) is 84.0 Å². The maximum atomic E-state index is 13.6. The van der Waals surface area contributed by atoms with Crippen molar-refractivity contribution < 1.29 is 59.2 Å². The Morgan fingerprint density at radius 2 is 1.73 bits per heavy atom. The van der Waals surface area contributed by atoms with Gasteiger partial charge in [0.05, 0.1) is 36.7 Å². The third-order valence-electron chi connectivity index (χ3n) is 5.40.